The molecule has 2 amide bonds. The minimum absolute atomic E-state index is 0.0304. The summed E-state index contributed by atoms with van der Waals surface area (Å²) < 4.78 is 0. The van der Waals surface area contributed by atoms with Gasteiger partial charge < -0.3 is 16.4 Å². The van der Waals surface area contributed by atoms with E-state index in [4.69, 9.17) is 5.73 Å². The number of hydrogen-bond acceptors (Lipinski definition) is 2. The molecule has 86 valence electrons. The summed E-state index contributed by atoms with van der Waals surface area (Å²) in [5, 5.41) is 6.02. The molecular weight excluding hydrogens is 190 g/mol. The Balaban J connectivity index is 1.79. The van der Waals surface area contributed by atoms with Gasteiger partial charge in [-0.05, 0) is 39.5 Å². The number of amides is 2. The van der Waals surface area contributed by atoms with Crippen molar-refractivity contribution in [3.05, 3.63) is 0 Å². The number of nitrogens with two attached hydrogens (primary N) is 1. The third-order valence-corrected chi connectivity index (χ3v) is 3.79. The first kappa shape index (κ1) is 10.7. The van der Waals surface area contributed by atoms with E-state index in [1.807, 2.05) is 13.8 Å². The summed E-state index contributed by atoms with van der Waals surface area (Å²) in [6.45, 7) is 6.12. The van der Waals surface area contributed by atoms with E-state index in [2.05, 4.69) is 17.6 Å². The molecule has 0 spiro atoms. The summed E-state index contributed by atoms with van der Waals surface area (Å²) in [6, 6.07) is -0.0522. The molecule has 0 aromatic rings. The lowest BCUT2D eigenvalue weighted by atomic mass is 9.44. The lowest BCUT2D eigenvalue weighted by Crippen LogP contribution is -2.83. The molecule has 15 heavy (non-hydrogen) atoms. The fourth-order valence-corrected chi connectivity index (χ4v) is 2.67. The predicted octanol–water partition coefficient (Wildman–Crippen LogP) is 1.11. The molecule has 0 aliphatic heterocycles. The van der Waals surface area contributed by atoms with E-state index in [-0.39, 0.29) is 22.6 Å². The van der Waals surface area contributed by atoms with Crippen molar-refractivity contribution in [2.24, 2.45) is 5.73 Å². The molecular formula is C11H21N3O. The van der Waals surface area contributed by atoms with Crippen LogP contribution < -0.4 is 16.4 Å². The zero-order chi connectivity index (χ0) is 11.3. The summed E-state index contributed by atoms with van der Waals surface area (Å²) in [5.74, 6) is 0. The zero-order valence-electron chi connectivity index (χ0n) is 9.81. The fraction of sp³-hybridized carbons (Fsp3) is 0.909. The van der Waals surface area contributed by atoms with E-state index in [1.54, 1.807) is 0 Å². The zero-order valence-corrected chi connectivity index (χ0v) is 9.81. The molecule has 0 aromatic heterocycles. The molecule has 0 saturated heterocycles. The normalized spacial score (nSPS) is 37.6. The topological polar surface area (TPSA) is 67.2 Å². The monoisotopic (exact) mass is 211 g/mol. The molecule has 0 radical (unpaired) electrons. The maximum atomic E-state index is 11.7. The minimum atomic E-state index is -0.131. The minimum Gasteiger partial charge on any atom is -0.333 e. The molecule has 3 rings (SSSR count). The molecule has 0 unspecified atom stereocenters. The van der Waals surface area contributed by atoms with Gasteiger partial charge in [-0.15, -0.1) is 0 Å². The van der Waals surface area contributed by atoms with Gasteiger partial charge in [-0.2, -0.15) is 0 Å². The summed E-state index contributed by atoms with van der Waals surface area (Å²) in [6.07, 6.45) is 3.76. The Hall–Kier alpha value is -0.770. The molecule has 0 atom stereocenters. The molecule has 3 fully saturated rings. The van der Waals surface area contributed by atoms with Crippen LogP contribution in [-0.4, -0.2) is 22.6 Å². The van der Waals surface area contributed by atoms with Crippen LogP contribution in [-0.2, 0) is 0 Å². The highest BCUT2D eigenvalue weighted by Gasteiger charge is 2.66. The van der Waals surface area contributed by atoms with Gasteiger partial charge in [0, 0.05) is 16.6 Å². The first-order valence-corrected chi connectivity index (χ1v) is 5.67. The van der Waals surface area contributed by atoms with Crippen molar-refractivity contribution in [1.82, 2.24) is 10.6 Å². The molecule has 3 saturated carbocycles. The van der Waals surface area contributed by atoms with Gasteiger partial charge in [0.1, 0.15) is 0 Å². The standard InChI is InChI=1S/C11H21N3O/c1-4-9(2,3)13-8(15)14-11-5-10(12,6-11)7-11/h4-7,12H2,1-3H3,(H2,13,14,15). The van der Waals surface area contributed by atoms with E-state index in [0.29, 0.717) is 0 Å². The fourth-order valence-electron chi connectivity index (χ4n) is 2.67. The maximum Gasteiger partial charge on any atom is 0.315 e. The average molecular weight is 211 g/mol. The van der Waals surface area contributed by atoms with Gasteiger partial charge in [-0.1, -0.05) is 6.92 Å². The van der Waals surface area contributed by atoms with Gasteiger partial charge >= 0.3 is 6.03 Å². The van der Waals surface area contributed by atoms with Gasteiger partial charge in [0.15, 0.2) is 0 Å². The number of carbonyl (C=O) groups excluding carboxylic acids is 1. The van der Waals surface area contributed by atoms with Crippen LogP contribution in [0.4, 0.5) is 4.79 Å². The van der Waals surface area contributed by atoms with Crippen LogP contribution in [0.2, 0.25) is 0 Å². The largest absolute Gasteiger partial charge is 0.333 e. The number of rotatable bonds is 3. The highest BCUT2D eigenvalue weighted by atomic mass is 16.2. The van der Waals surface area contributed by atoms with Crippen molar-refractivity contribution in [2.45, 2.75) is 63.1 Å². The molecule has 3 aliphatic rings. The highest BCUT2D eigenvalue weighted by molar-refractivity contribution is 5.76. The van der Waals surface area contributed by atoms with E-state index in [1.165, 1.54) is 0 Å². The summed E-state index contributed by atoms with van der Waals surface area (Å²) in [7, 11) is 0. The highest BCUT2D eigenvalue weighted by Crippen LogP contribution is 2.58. The molecule has 3 aliphatic carbocycles. The van der Waals surface area contributed by atoms with Crippen LogP contribution in [0.3, 0.4) is 0 Å². The van der Waals surface area contributed by atoms with E-state index < -0.39 is 0 Å². The van der Waals surface area contributed by atoms with Crippen molar-refractivity contribution < 1.29 is 4.79 Å². The Morgan fingerprint density at radius 1 is 1.40 bits per heavy atom. The molecule has 0 aromatic carbocycles. The second-order valence-corrected chi connectivity index (χ2v) is 5.99. The SMILES string of the molecule is CCC(C)(C)NC(=O)NC12CC(N)(C1)C2. The van der Waals surface area contributed by atoms with Crippen LogP contribution in [0.5, 0.6) is 0 Å². The Labute approximate surface area is 91.0 Å². The van der Waals surface area contributed by atoms with Crippen LogP contribution >= 0.6 is 0 Å². The first-order valence-electron chi connectivity index (χ1n) is 5.67. The summed E-state index contributed by atoms with van der Waals surface area (Å²) in [4.78, 5) is 11.7. The van der Waals surface area contributed by atoms with Crippen molar-refractivity contribution >= 4 is 6.03 Å². The molecule has 4 N–H and O–H groups in total. The smallest absolute Gasteiger partial charge is 0.315 e. The van der Waals surface area contributed by atoms with E-state index in [9.17, 15) is 4.79 Å². The molecule has 4 nitrogen and oxygen atoms in total. The van der Waals surface area contributed by atoms with E-state index >= 15 is 0 Å². The quantitative estimate of drug-likeness (QED) is 0.654. The predicted molar refractivity (Wildman–Crippen MR) is 59.5 cm³/mol. The van der Waals surface area contributed by atoms with Crippen LogP contribution in [0.25, 0.3) is 0 Å². The average Bonchev–Trinajstić information content (AvgIpc) is 1.98. The third-order valence-electron chi connectivity index (χ3n) is 3.79. The molecule has 2 bridgehead atoms. The second-order valence-electron chi connectivity index (χ2n) is 5.99. The molecule has 0 heterocycles. The maximum absolute atomic E-state index is 11.7. The van der Waals surface area contributed by atoms with E-state index in [0.717, 1.165) is 25.7 Å². The third kappa shape index (κ3) is 1.83. The van der Waals surface area contributed by atoms with Gasteiger partial charge in [-0.25, -0.2) is 4.79 Å². The number of hydrogen-bond donors (Lipinski definition) is 3. The van der Waals surface area contributed by atoms with Crippen LogP contribution in [0.1, 0.15) is 46.5 Å². The van der Waals surface area contributed by atoms with Crippen molar-refractivity contribution in [1.29, 1.82) is 0 Å². The number of nitrogens with one attached hydrogen (secondary N) is 2. The lowest BCUT2D eigenvalue weighted by Gasteiger charge is -2.68. The van der Waals surface area contributed by atoms with Crippen molar-refractivity contribution in [3.8, 4) is 0 Å². The van der Waals surface area contributed by atoms with Crippen molar-refractivity contribution in [2.75, 3.05) is 0 Å². The van der Waals surface area contributed by atoms with Gasteiger partial charge in [0.05, 0.1) is 0 Å². The first-order chi connectivity index (χ1) is 6.78. The summed E-state index contributed by atoms with van der Waals surface area (Å²) in [5.41, 5.74) is 5.88. The van der Waals surface area contributed by atoms with Gasteiger partial charge in [0.25, 0.3) is 0 Å². The molecule has 4 heteroatoms. The lowest BCUT2D eigenvalue weighted by molar-refractivity contribution is -0.0693. The van der Waals surface area contributed by atoms with Crippen LogP contribution in [0.15, 0.2) is 0 Å². The Kier molecular flexibility index (Phi) is 2.06. The van der Waals surface area contributed by atoms with Crippen molar-refractivity contribution in [3.63, 3.8) is 0 Å². The Morgan fingerprint density at radius 2 is 1.93 bits per heavy atom. The number of urea groups is 1. The number of carbonyl (C=O) groups is 1. The Bertz CT molecular complexity index is 278. The van der Waals surface area contributed by atoms with Gasteiger partial charge in [-0.3, -0.25) is 0 Å². The van der Waals surface area contributed by atoms with Gasteiger partial charge in [0.2, 0.25) is 0 Å². The second kappa shape index (κ2) is 2.88. The van der Waals surface area contributed by atoms with Crippen LogP contribution in [0, 0.1) is 0 Å². The summed E-state index contributed by atoms with van der Waals surface area (Å²) >= 11 is 0. The Morgan fingerprint density at radius 3 is 2.33 bits per heavy atom.